The lowest BCUT2D eigenvalue weighted by Gasteiger charge is -2.20. The normalized spacial score (nSPS) is 11.6. The van der Waals surface area contributed by atoms with Gasteiger partial charge in [-0.2, -0.15) is 18.3 Å². The van der Waals surface area contributed by atoms with E-state index in [1.807, 2.05) is 0 Å². The molecule has 124 valence electrons. The van der Waals surface area contributed by atoms with Crippen LogP contribution in [0.3, 0.4) is 0 Å². The van der Waals surface area contributed by atoms with Crippen LogP contribution in [0.1, 0.15) is 11.1 Å². The Kier molecular flexibility index (Phi) is 4.51. The van der Waals surface area contributed by atoms with Crippen LogP contribution < -0.4 is 4.90 Å². The van der Waals surface area contributed by atoms with Crippen molar-refractivity contribution in [2.45, 2.75) is 12.7 Å². The van der Waals surface area contributed by atoms with Gasteiger partial charge in [0.05, 0.1) is 21.7 Å². The topological polar surface area (TPSA) is 64.2 Å². The first-order valence-electron chi connectivity index (χ1n) is 6.33. The molecule has 0 unspecified atom stereocenters. The Labute approximate surface area is 134 Å². The molecule has 0 N–H and O–H groups in total. The van der Waals surface area contributed by atoms with Crippen LogP contribution >= 0.6 is 11.6 Å². The number of nitro benzene ring substituents is 1. The second-order valence-corrected chi connectivity index (χ2v) is 5.36. The highest BCUT2D eigenvalue weighted by atomic mass is 35.5. The van der Waals surface area contributed by atoms with Crippen molar-refractivity contribution in [2.24, 2.45) is 7.05 Å². The van der Waals surface area contributed by atoms with Crippen molar-refractivity contribution >= 4 is 23.0 Å². The molecule has 2 aromatic rings. The van der Waals surface area contributed by atoms with E-state index in [0.717, 1.165) is 11.6 Å². The molecule has 1 aromatic heterocycles. The number of aryl methyl sites for hydroxylation is 1. The Hall–Kier alpha value is -2.29. The highest BCUT2D eigenvalue weighted by Gasteiger charge is 2.36. The van der Waals surface area contributed by atoms with Crippen LogP contribution in [-0.2, 0) is 19.8 Å². The molecule has 1 heterocycles. The molecule has 10 heteroatoms. The number of aromatic nitrogens is 2. The SMILES string of the molecule is CN(Cc1cnn(C)c1)c1cc(Cl)c(C(F)(F)F)cc1[N+](=O)[O-]. The maximum absolute atomic E-state index is 12.8. The molecular formula is C13H12ClF3N4O2. The first-order chi connectivity index (χ1) is 10.6. The molecule has 0 aliphatic carbocycles. The fourth-order valence-electron chi connectivity index (χ4n) is 2.13. The Balaban J connectivity index is 2.44. The number of hydrogen-bond acceptors (Lipinski definition) is 4. The molecule has 0 spiro atoms. The van der Waals surface area contributed by atoms with Crippen LogP contribution in [-0.4, -0.2) is 21.8 Å². The number of rotatable bonds is 4. The van der Waals surface area contributed by atoms with Crippen molar-refractivity contribution in [1.82, 2.24) is 9.78 Å². The summed E-state index contributed by atoms with van der Waals surface area (Å²) >= 11 is 5.66. The zero-order valence-electron chi connectivity index (χ0n) is 12.1. The first-order valence-corrected chi connectivity index (χ1v) is 6.71. The third-order valence-corrected chi connectivity index (χ3v) is 3.47. The summed E-state index contributed by atoms with van der Waals surface area (Å²) in [5, 5.41) is 14.5. The van der Waals surface area contributed by atoms with Gasteiger partial charge in [0.1, 0.15) is 5.69 Å². The number of nitrogens with zero attached hydrogens (tertiary/aromatic N) is 4. The largest absolute Gasteiger partial charge is 0.418 e. The molecule has 0 saturated carbocycles. The van der Waals surface area contributed by atoms with Crippen LogP contribution in [0.25, 0.3) is 0 Å². The van der Waals surface area contributed by atoms with E-state index in [4.69, 9.17) is 11.6 Å². The van der Waals surface area contributed by atoms with Crippen molar-refractivity contribution in [2.75, 3.05) is 11.9 Å². The van der Waals surface area contributed by atoms with E-state index >= 15 is 0 Å². The maximum Gasteiger partial charge on any atom is 0.418 e. The van der Waals surface area contributed by atoms with Crippen LogP contribution in [0.4, 0.5) is 24.5 Å². The van der Waals surface area contributed by atoms with Crippen LogP contribution in [0.15, 0.2) is 24.5 Å². The van der Waals surface area contributed by atoms with E-state index in [1.165, 1.54) is 11.9 Å². The summed E-state index contributed by atoms with van der Waals surface area (Å²) in [5.74, 6) is 0. The summed E-state index contributed by atoms with van der Waals surface area (Å²) in [6.07, 6.45) is -1.50. The van der Waals surface area contributed by atoms with Gasteiger partial charge in [-0.25, -0.2) is 0 Å². The average Bonchev–Trinajstić information content (AvgIpc) is 2.81. The van der Waals surface area contributed by atoms with Crippen molar-refractivity contribution in [3.05, 3.63) is 50.8 Å². The minimum absolute atomic E-state index is 0.00291. The molecule has 2 rings (SSSR count). The number of halogens is 4. The van der Waals surface area contributed by atoms with Gasteiger partial charge in [-0.3, -0.25) is 14.8 Å². The maximum atomic E-state index is 12.8. The Bertz CT molecular complexity index is 745. The van der Waals surface area contributed by atoms with Crippen LogP contribution in [0.2, 0.25) is 5.02 Å². The zero-order chi connectivity index (χ0) is 17.4. The van der Waals surface area contributed by atoms with Crippen LogP contribution in [0, 0.1) is 10.1 Å². The summed E-state index contributed by atoms with van der Waals surface area (Å²) in [6, 6.07) is 1.41. The standard InChI is InChI=1S/C13H12ClF3N4O2/c1-19(6-8-5-18-20(2)7-8)11-4-10(14)9(13(15,16)17)3-12(11)21(22)23/h3-5,7H,6H2,1-2H3. The van der Waals surface area contributed by atoms with Crippen molar-refractivity contribution in [1.29, 1.82) is 0 Å². The highest BCUT2D eigenvalue weighted by Crippen LogP contribution is 2.41. The molecule has 6 nitrogen and oxygen atoms in total. The van der Waals surface area contributed by atoms with E-state index in [9.17, 15) is 23.3 Å². The third kappa shape index (κ3) is 3.73. The third-order valence-electron chi connectivity index (χ3n) is 3.16. The molecular weight excluding hydrogens is 337 g/mol. The molecule has 0 amide bonds. The van der Waals surface area contributed by atoms with Gasteiger partial charge >= 0.3 is 6.18 Å². The van der Waals surface area contributed by atoms with Crippen molar-refractivity contribution < 1.29 is 18.1 Å². The lowest BCUT2D eigenvalue weighted by atomic mass is 10.1. The molecule has 0 aliphatic rings. The summed E-state index contributed by atoms with van der Waals surface area (Å²) in [4.78, 5) is 11.7. The molecule has 0 fully saturated rings. The minimum Gasteiger partial charge on any atom is -0.365 e. The van der Waals surface area contributed by atoms with E-state index in [1.54, 1.807) is 24.1 Å². The summed E-state index contributed by atoms with van der Waals surface area (Å²) in [7, 11) is 3.24. The lowest BCUT2D eigenvalue weighted by molar-refractivity contribution is -0.384. The number of anilines is 1. The van der Waals surface area contributed by atoms with Gasteiger partial charge in [-0.05, 0) is 6.07 Å². The fourth-order valence-corrected chi connectivity index (χ4v) is 2.40. The Morgan fingerprint density at radius 2 is 2.09 bits per heavy atom. The summed E-state index contributed by atoms with van der Waals surface area (Å²) in [5.41, 5.74) is -1.14. The van der Waals surface area contributed by atoms with Gasteiger partial charge in [0, 0.05) is 38.5 Å². The second kappa shape index (κ2) is 6.07. The molecule has 1 aromatic carbocycles. The van der Waals surface area contributed by atoms with Crippen LogP contribution in [0.5, 0.6) is 0 Å². The molecule has 0 bridgehead atoms. The monoisotopic (exact) mass is 348 g/mol. The first kappa shape index (κ1) is 17.1. The minimum atomic E-state index is -4.76. The van der Waals surface area contributed by atoms with Gasteiger partial charge in [-0.15, -0.1) is 0 Å². The van der Waals surface area contributed by atoms with E-state index in [0.29, 0.717) is 6.07 Å². The van der Waals surface area contributed by atoms with Gasteiger partial charge in [0.2, 0.25) is 0 Å². The van der Waals surface area contributed by atoms with Crippen molar-refractivity contribution in [3.8, 4) is 0 Å². The fraction of sp³-hybridized carbons (Fsp3) is 0.308. The number of nitro groups is 1. The number of hydrogen-bond donors (Lipinski definition) is 0. The molecule has 23 heavy (non-hydrogen) atoms. The van der Waals surface area contributed by atoms with Crippen molar-refractivity contribution in [3.63, 3.8) is 0 Å². The smallest absolute Gasteiger partial charge is 0.365 e. The Morgan fingerprint density at radius 1 is 1.43 bits per heavy atom. The van der Waals surface area contributed by atoms with E-state index in [-0.39, 0.29) is 12.2 Å². The van der Waals surface area contributed by atoms with Gasteiger partial charge in [0.15, 0.2) is 0 Å². The van der Waals surface area contributed by atoms with Gasteiger partial charge in [0.25, 0.3) is 5.69 Å². The number of benzene rings is 1. The van der Waals surface area contributed by atoms with E-state index in [2.05, 4.69) is 5.10 Å². The summed E-state index contributed by atoms with van der Waals surface area (Å²) in [6.45, 7) is 0.233. The lowest BCUT2D eigenvalue weighted by Crippen LogP contribution is -2.18. The number of alkyl halides is 3. The second-order valence-electron chi connectivity index (χ2n) is 4.95. The van der Waals surface area contributed by atoms with Gasteiger partial charge in [-0.1, -0.05) is 11.6 Å². The molecule has 0 radical (unpaired) electrons. The van der Waals surface area contributed by atoms with Gasteiger partial charge < -0.3 is 4.90 Å². The Morgan fingerprint density at radius 3 is 2.57 bits per heavy atom. The molecule has 0 saturated heterocycles. The van der Waals surface area contributed by atoms with E-state index < -0.39 is 27.4 Å². The zero-order valence-corrected chi connectivity index (χ0v) is 12.9. The highest BCUT2D eigenvalue weighted by molar-refractivity contribution is 6.31. The molecule has 0 aliphatic heterocycles. The predicted molar refractivity (Wildman–Crippen MR) is 78.4 cm³/mol. The summed E-state index contributed by atoms with van der Waals surface area (Å²) < 4.78 is 40.1. The quantitative estimate of drug-likeness (QED) is 0.625. The average molecular weight is 349 g/mol. The molecule has 0 atom stereocenters. The predicted octanol–water partition coefficient (Wildman–Crippen LogP) is 3.64.